The van der Waals surface area contributed by atoms with Crippen molar-refractivity contribution in [2.24, 2.45) is 0 Å². The summed E-state index contributed by atoms with van der Waals surface area (Å²) in [4.78, 5) is 11.6. The van der Waals surface area contributed by atoms with Gasteiger partial charge in [-0.3, -0.25) is 4.79 Å². The summed E-state index contributed by atoms with van der Waals surface area (Å²) in [7, 11) is -3.85. The number of hydrogen-bond acceptors (Lipinski definition) is 5. The minimum absolute atomic E-state index is 0.0298. The van der Waals surface area contributed by atoms with Crippen LogP contribution in [0.4, 0.5) is 0 Å². The number of carbonyl (C=O) groups is 1. The van der Waals surface area contributed by atoms with Crippen molar-refractivity contribution in [3.63, 3.8) is 0 Å². The first-order chi connectivity index (χ1) is 9.46. The zero-order valence-electron chi connectivity index (χ0n) is 10.7. The summed E-state index contributed by atoms with van der Waals surface area (Å²) in [6.07, 6.45) is 2.51. The average Bonchev–Trinajstić information content (AvgIpc) is 2.75. The fourth-order valence-electron chi connectivity index (χ4n) is 2.25. The Balaban J connectivity index is 2.39. The standard InChI is InChI=1S/C12H14N2O4S2/c13-8-9-5-6-11(19-9)20(17,18)14-7-3-1-2-4-10(14)12(15)16/h5-6,10H,1-4,7H2,(H,15,16). The molecule has 1 saturated heterocycles. The number of carboxylic acids is 1. The van der Waals surface area contributed by atoms with Crippen LogP contribution in [0.5, 0.6) is 0 Å². The maximum absolute atomic E-state index is 12.5. The van der Waals surface area contributed by atoms with Crippen LogP contribution in [0.2, 0.25) is 0 Å². The second-order valence-electron chi connectivity index (χ2n) is 4.55. The normalized spacial score (nSPS) is 21.1. The summed E-state index contributed by atoms with van der Waals surface area (Å²) in [5.41, 5.74) is 0. The van der Waals surface area contributed by atoms with Crippen molar-refractivity contribution in [3.8, 4) is 6.07 Å². The quantitative estimate of drug-likeness (QED) is 0.914. The third kappa shape index (κ3) is 2.85. The van der Waals surface area contributed by atoms with Gasteiger partial charge in [0.05, 0.1) is 0 Å². The molecule has 2 heterocycles. The molecule has 0 spiro atoms. The molecule has 20 heavy (non-hydrogen) atoms. The van der Waals surface area contributed by atoms with Crippen molar-refractivity contribution < 1.29 is 18.3 Å². The Bertz CT molecular complexity index is 645. The smallest absolute Gasteiger partial charge is 0.322 e. The van der Waals surface area contributed by atoms with E-state index in [1.165, 1.54) is 12.1 Å². The van der Waals surface area contributed by atoms with Crippen molar-refractivity contribution in [1.29, 1.82) is 5.26 Å². The first-order valence-electron chi connectivity index (χ1n) is 6.21. The summed E-state index contributed by atoms with van der Waals surface area (Å²) in [5, 5.41) is 18.0. The van der Waals surface area contributed by atoms with E-state index >= 15 is 0 Å². The lowest BCUT2D eigenvalue weighted by molar-refractivity contribution is -0.141. The van der Waals surface area contributed by atoms with Gasteiger partial charge in [-0.2, -0.15) is 9.57 Å². The third-order valence-electron chi connectivity index (χ3n) is 3.24. The van der Waals surface area contributed by atoms with E-state index in [1.807, 2.05) is 6.07 Å². The molecule has 0 radical (unpaired) electrons. The molecule has 0 aromatic carbocycles. The fraction of sp³-hybridized carbons (Fsp3) is 0.500. The van der Waals surface area contributed by atoms with E-state index in [4.69, 9.17) is 5.26 Å². The molecule has 1 aromatic heterocycles. The molecule has 1 aliphatic heterocycles. The van der Waals surface area contributed by atoms with Crippen LogP contribution in [0.15, 0.2) is 16.3 Å². The zero-order chi connectivity index (χ0) is 14.8. The highest BCUT2D eigenvalue weighted by molar-refractivity contribution is 7.91. The van der Waals surface area contributed by atoms with Gasteiger partial charge in [0.1, 0.15) is 21.2 Å². The number of nitriles is 1. The highest BCUT2D eigenvalue weighted by Crippen LogP contribution is 2.29. The Morgan fingerprint density at radius 1 is 1.40 bits per heavy atom. The van der Waals surface area contributed by atoms with Crippen LogP contribution in [0.25, 0.3) is 0 Å². The second kappa shape index (κ2) is 5.91. The Labute approximate surface area is 121 Å². The predicted octanol–water partition coefficient (Wildman–Crippen LogP) is 1.64. The van der Waals surface area contributed by atoms with E-state index in [0.29, 0.717) is 24.1 Å². The minimum atomic E-state index is -3.85. The first kappa shape index (κ1) is 15.0. The number of hydrogen-bond donors (Lipinski definition) is 1. The van der Waals surface area contributed by atoms with E-state index < -0.39 is 22.0 Å². The number of nitrogens with zero attached hydrogens (tertiary/aromatic N) is 2. The molecule has 2 rings (SSSR count). The molecule has 0 saturated carbocycles. The number of sulfonamides is 1. The molecule has 1 unspecified atom stereocenters. The molecule has 108 valence electrons. The maximum atomic E-state index is 12.5. The third-order valence-corrected chi connectivity index (χ3v) is 6.61. The van der Waals surface area contributed by atoms with E-state index in [1.54, 1.807) is 0 Å². The van der Waals surface area contributed by atoms with Gasteiger partial charge in [-0.15, -0.1) is 11.3 Å². The lowest BCUT2D eigenvalue weighted by Gasteiger charge is -2.25. The van der Waals surface area contributed by atoms with Crippen LogP contribution in [0.3, 0.4) is 0 Å². The largest absolute Gasteiger partial charge is 0.480 e. The van der Waals surface area contributed by atoms with Crippen LogP contribution < -0.4 is 0 Å². The summed E-state index contributed by atoms with van der Waals surface area (Å²) in [5.74, 6) is -1.12. The van der Waals surface area contributed by atoms with Crippen molar-refractivity contribution in [3.05, 3.63) is 17.0 Å². The molecule has 8 heteroatoms. The van der Waals surface area contributed by atoms with Crippen LogP contribution in [-0.2, 0) is 14.8 Å². The van der Waals surface area contributed by atoms with Gasteiger partial charge in [-0.05, 0) is 25.0 Å². The summed E-state index contributed by atoms with van der Waals surface area (Å²) < 4.78 is 26.2. The number of carboxylic acid groups (broad SMARTS) is 1. The monoisotopic (exact) mass is 314 g/mol. The Morgan fingerprint density at radius 3 is 2.75 bits per heavy atom. The number of rotatable bonds is 3. The van der Waals surface area contributed by atoms with Gasteiger partial charge in [0.2, 0.25) is 0 Å². The highest BCUT2D eigenvalue weighted by Gasteiger charge is 2.37. The zero-order valence-corrected chi connectivity index (χ0v) is 12.3. The van der Waals surface area contributed by atoms with Crippen molar-refractivity contribution in [2.45, 2.75) is 35.9 Å². The Hall–Kier alpha value is -1.43. The molecule has 6 nitrogen and oxygen atoms in total. The Kier molecular flexibility index (Phi) is 4.42. The average molecular weight is 314 g/mol. The van der Waals surface area contributed by atoms with Crippen molar-refractivity contribution >= 4 is 27.3 Å². The molecule has 0 bridgehead atoms. The molecule has 1 aliphatic rings. The van der Waals surface area contributed by atoms with Crippen LogP contribution >= 0.6 is 11.3 Å². The fourth-order valence-corrected chi connectivity index (χ4v) is 5.13. The molecule has 1 aromatic rings. The van der Waals surface area contributed by atoms with E-state index in [9.17, 15) is 18.3 Å². The molecule has 0 amide bonds. The van der Waals surface area contributed by atoms with Gasteiger partial charge in [-0.1, -0.05) is 12.8 Å². The van der Waals surface area contributed by atoms with Gasteiger partial charge in [0.15, 0.2) is 0 Å². The lowest BCUT2D eigenvalue weighted by atomic mass is 10.1. The lowest BCUT2D eigenvalue weighted by Crippen LogP contribution is -2.44. The van der Waals surface area contributed by atoms with Crippen molar-refractivity contribution in [2.75, 3.05) is 6.54 Å². The first-order valence-corrected chi connectivity index (χ1v) is 8.47. The van der Waals surface area contributed by atoms with Crippen LogP contribution in [0.1, 0.15) is 30.6 Å². The van der Waals surface area contributed by atoms with Gasteiger partial charge in [0, 0.05) is 6.54 Å². The molecule has 1 atom stereocenters. The van der Waals surface area contributed by atoms with Crippen LogP contribution in [-0.4, -0.2) is 36.4 Å². The van der Waals surface area contributed by atoms with Gasteiger partial charge in [0.25, 0.3) is 10.0 Å². The minimum Gasteiger partial charge on any atom is -0.480 e. The van der Waals surface area contributed by atoms with Crippen molar-refractivity contribution in [1.82, 2.24) is 4.31 Å². The molecule has 1 fully saturated rings. The van der Waals surface area contributed by atoms with Crippen LogP contribution in [0, 0.1) is 11.3 Å². The highest BCUT2D eigenvalue weighted by atomic mass is 32.2. The summed E-state index contributed by atoms with van der Waals surface area (Å²) in [6, 6.07) is 3.67. The van der Waals surface area contributed by atoms with Gasteiger partial charge >= 0.3 is 5.97 Å². The second-order valence-corrected chi connectivity index (χ2v) is 7.75. The molecule has 1 N–H and O–H groups in total. The van der Waals surface area contributed by atoms with Gasteiger partial charge in [-0.25, -0.2) is 8.42 Å². The molecular formula is C12H14N2O4S2. The molecule has 0 aliphatic carbocycles. The molecular weight excluding hydrogens is 300 g/mol. The van der Waals surface area contributed by atoms with Gasteiger partial charge < -0.3 is 5.11 Å². The topological polar surface area (TPSA) is 98.5 Å². The number of aliphatic carboxylic acids is 1. The summed E-state index contributed by atoms with van der Waals surface area (Å²) in [6.45, 7) is 0.207. The summed E-state index contributed by atoms with van der Waals surface area (Å²) >= 11 is 0.870. The maximum Gasteiger partial charge on any atom is 0.322 e. The van der Waals surface area contributed by atoms with E-state index in [-0.39, 0.29) is 10.8 Å². The van der Waals surface area contributed by atoms with E-state index in [0.717, 1.165) is 22.1 Å². The Morgan fingerprint density at radius 2 is 2.15 bits per heavy atom. The SMILES string of the molecule is N#Cc1ccc(S(=O)(=O)N2CCCCCC2C(=O)O)s1. The predicted molar refractivity (Wildman–Crippen MR) is 72.8 cm³/mol. The number of thiophene rings is 1. The van der Waals surface area contributed by atoms with E-state index in [2.05, 4.69) is 0 Å².